The van der Waals surface area contributed by atoms with Gasteiger partial charge in [0.15, 0.2) is 0 Å². The van der Waals surface area contributed by atoms with Crippen molar-refractivity contribution in [3.05, 3.63) is 0 Å². The molecule has 0 spiro atoms. The highest BCUT2D eigenvalue weighted by atomic mass is 16.2. The largest absolute Gasteiger partial charge is 0.294 e. The van der Waals surface area contributed by atoms with Gasteiger partial charge >= 0.3 is 0 Å². The average Bonchev–Trinajstić information content (AvgIpc) is 2.12. The van der Waals surface area contributed by atoms with Gasteiger partial charge in [0.1, 0.15) is 0 Å². The van der Waals surface area contributed by atoms with Crippen molar-refractivity contribution in [2.24, 2.45) is 0 Å². The molecule has 0 aromatic carbocycles. The predicted molar refractivity (Wildman–Crippen MR) is 53.7 cm³/mol. The lowest BCUT2D eigenvalue weighted by molar-refractivity contribution is -0.137. The molecule has 80 valence electrons. The number of carbonyl (C=O) groups excluding carboxylic acids is 2. The Morgan fingerprint density at radius 2 is 1.93 bits per heavy atom. The zero-order chi connectivity index (χ0) is 10.6. The van der Waals surface area contributed by atoms with Crippen molar-refractivity contribution >= 4 is 11.8 Å². The van der Waals surface area contributed by atoms with Crippen molar-refractivity contribution in [2.45, 2.75) is 39.2 Å². The summed E-state index contributed by atoms with van der Waals surface area (Å²) < 4.78 is 0. The number of carbonyl (C=O) groups is 2. The van der Waals surface area contributed by atoms with Gasteiger partial charge in [-0.1, -0.05) is 19.8 Å². The molecular formula is C10H18N2O2. The number of piperazine rings is 1. The third-order valence-corrected chi connectivity index (χ3v) is 2.57. The zero-order valence-corrected chi connectivity index (χ0v) is 8.88. The molecule has 0 saturated carbocycles. The summed E-state index contributed by atoms with van der Waals surface area (Å²) >= 11 is 0. The molecule has 1 saturated heterocycles. The van der Waals surface area contributed by atoms with Gasteiger partial charge in [-0.05, 0) is 13.3 Å². The summed E-state index contributed by atoms with van der Waals surface area (Å²) in [6.07, 6.45) is 3.35. The van der Waals surface area contributed by atoms with Gasteiger partial charge in [0, 0.05) is 6.04 Å². The molecule has 14 heavy (non-hydrogen) atoms. The van der Waals surface area contributed by atoms with Gasteiger partial charge in [-0.15, -0.1) is 0 Å². The molecule has 1 N–H and O–H groups in total. The lowest BCUT2D eigenvalue weighted by Gasteiger charge is -2.30. The Morgan fingerprint density at radius 1 is 1.36 bits per heavy atom. The van der Waals surface area contributed by atoms with Crippen molar-refractivity contribution < 1.29 is 9.59 Å². The second-order valence-electron chi connectivity index (χ2n) is 3.87. The van der Waals surface area contributed by atoms with Gasteiger partial charge in [0.05, 0.1) is 13.1 Å². The van der Waals surface area contributed by atoms with Crippen molar-refractivity contribution in [2.75, 3.05) is 13.1 Å². The summed E-state index contributed by atoms with van der Waals surface area (Å²) in [6.45, 7) is 4.93. The van der Waals surface area contributed by atoms with Crippen LogP contribution in [0.15, 0.2) is 0 Å². The SMILES string of the molecule is CCCCC(C)N1CC(=O)NC(=O)C1. The molecule has 0 aromatic rings. The normalized spacial score (nSPS) is 20.7. The molecule has 1 aliphatic rings. The fourth-order valence-corrected chi connectivity index (χ4v) is 1.65. The summed E-state index contributed by atoms with van der Waals surface area (Å²) in [6, 6.07) is 0.324. The lowest BCUT2D eigenvalue weighted by atomic mass is 10.1. The Hall–Kier alpha value is -0.900. The molecule has 1 unspecified atom stereocenters. The van der Waals surface area contributed by atoms with Crippen molar-refractivity contribution in [3.8, 4) is 0 Å². The monoisotopic (exact) mass is 198 g/mol. The van der Waals surface area contributed by atoms with Crippen LogP contribution in [0.4, 0.5) is 0 Å². The third kappa shape index (κ3) is 3.10. The van der Waals surface area contributed by atoms with Crippen LogP contribution in [0.5, 0.6) is 0 Å². The minimum Gasteiger partial charge on any atom is -0.294 e. The van der Waals surface area contributed by atoms with Gasteiger partial charge in [-0.25, -0.2) is 0 Å². The van der Waals surface area contributed by atoms with E-state index in [2.05, 4.69) is 19.2 Å². The van der Waals surface area contributed by atoms with Crippen LogP contribution in [0.2, 0.25) is 0 Å². The molecule has 1 fully saturated rings. The number of amides is 2. The van der Waals surface area contributed by atoms with Gasteiger partial charge < -0.3 is 0 Å². The maximum atomic E-state index is 11.1. The highest BCUT2D eigenvalue weighted by molar-refractivity contribution is 5.99. The standard InChI is InChI=1S/C10H18N2O2/c1-3-4-5-8(2)12-6-9(13)11-10(14)7-12/h8H,3-7H2,1-2H3,(H,11,13,14). The zero-order valence-electron chi connectivity index (χ0n) is 8.88. The summed E-state index contributed by atoms with van der Waals surface area (Å²) in [4.78, 5) is 24.1. The van der Waals surface area contributed by atoms with Crippen LogP contribution in [0.3, 0.4) is 0 Å². The van der Waals surface area contributed by atoms with Gasteiger partial charge in [-0.3, -0.25) is 19.8 Å². The van der Waals surface area contributed by atoms with Crippen LogP contribution in [0.1, 0.15) is 33.1 Å². The number of imide groups is 1. The van der Waals surface area contributed by atoms with Crippen LogP contribution >= 0.6 is 0 Å². The number of hydrogen-bond acceptors (Lipinski definition) is 3. The summed E-state index contributed by atoms with van der Waals surface area (Å²) in [5, 5.41) is 2.30. The molecular weight excluding hydrogens is 180 g/mol. The molecule has 1 atom stereocenters. The molecule has 2 amide bonds. The van der Waals surface area contributed by atoms with E-state index in [-0.39, 0.29) is 11.8 Å². The van der Waals surface area contributed by atoms with E-state index in [9.17, 15) is 9.59 Å². The number of nitrogens with one attached hydrogen (secondary N) is 1. The Morgan fingerprint density at radius 3 is 2.43 bits per heavy atom. The Balaban J connectivity index is 2.42. The topological polar surface area (TPSA) is 49.4 Å². The van der Waals surface area contributed by atoms with E-state index in [1.54, 1.807) is 0 Å². The van der Waals surface area contributed by atoms with Gasteiger partial charge in [0.2, 0.25) is 11.8 Å². The first kappa shape index (κ1) is 11.2. The summed E-state index contributed by atoms with van der Waals surface area (Å²) in [5.41, 5.74) is 0. The summed E-state index contributed by atoms with van der Waals surface area (Å²) in [5.74, 6) is -0.353. The smallest absolute Gasteiger partial charge is 0.240 e. The molecule has 0 aliphatic carbocycles. The van der Waals surface area contributed by atoms with E-state index in [0.29, 0.717) is 19.1 Å². The van der Waals surface area contributed by atoms with Crippen molar-refractivity contribution in [1.29, 1.82) is 0 Å². The van der Waals surface area contributed by atoms with Gasteiger partial charge in [-0.2, -0.15) is 0 Å². The van der Waals surface area contributed by atoms with Gasteiger partial charge in [0.25, 0.3) is 0 Å². The first-order chi connectivity index (χ1) is 6.63. The minimum atomic E-state index is -0.176. The predicted octanol–water partition coefficient (Wildman–Crippen LogP) is 0.523. The number of rotatable bonds is 4. The first-order valence-electron chi connectivity index (χ1n) is 5.20. The Labute approximate surface area is 84.7 Å². The maximum Gasteiger partial charge on any atom is 0.240 e. The fourth-order valence-electron chi connectivity index (χ4n) is 1.65. The van der Waals surface area contributed by atoms with E-state index < -0.39 is 0 Å². The van der Waals surface area contributed by atoms with Crippen LogP contribution < -0.4 is 5.32 Å². The van der Waals surface area contributed by atoms with Crippen LogP contribution in [0.25, 0.3) is 0 Å². The van der Waals surface area contributed by atoms with E-state index in [0.717, 1.165) is 19.3 Å². The molecule has 0 aromatic heterocycles. The van der Waals surface area contributed by atoms with Crippen LogP contribution in [-0.2, 0) is 9.59 Å². The van der Waals surface area contributed by atoms with Crippen molar-refractivity contribution in [3.63, 3.8) is 0 Å². The van der Waals surface area contributed by atoms with Crippen LogP contribution in [0, 0.1) is 0 Å². The molecule has 1 heterocycles. The average molecular weight is 198 g/mol. The molecule has 4 heteroatoms. The van der Waals surface area contributed by atoms with E-state index in [1.165, 1.54) is 0 Å². The molecule has 0 bridgehead atoms. The molecule has 4 nitrogen and oxygen atoms in total. The second kappa shape index (κ2) is 5.10. The van der Waals surface area contributed by atoms with E-state index >= 15 is 0 Å². The lowest BCUT2D eigenvalue weighted by Crippen LogP contribution is -2.54. The first-order valence-corrected chi connectivity index (χ1v) is 5.20. The molecule has 1 rings (SSSR count). The number of unbranched alkanes of at least 4 members (excludes halogenated alkanes) is 1. The Bertz CT molecular complexity index is 212. The van der Waals surface area contributed by atoms with Crippen LogP contribution in [-0.4, -0.2) is 35.8 Å². The quantitative estimate of drug-likeness (QED) is 0.670. The van der Waals surface area contributed by atoms with Crippen molar-refractivity contribution in [1.82, 2.24) is 10.2 Å². The molecule has 1 aliphatic heterocycles. The fraction of sp³-hybridized carbons (Fsp3) is 0.800. The summed E-state index contributed by atoms with van der Waals surface area (Å²) in [7, 11) is 0. The van der Waals surface area contributed by atoms with E-state index in [4.69, 9.17) is 0 Å². The minimum absolute atomic E-state index is 0.176. The second-order valence-corrected chi connectivity index (χ2v) is 3.87. The number of hydrogen-bond donors (Lipinski definition) is 1. The van der Waals surface area contributed by atoms with E-state index in [1.807, 2.05) is 4.90 Å². The highest BCUT2D eigenvalue weighted by Crippen LogP contribution is 2.09. The molecule has 0 radical (unpaired) electrons. The Kier molecular flexibility index (Phi) is 4.07. The highest BCUT2D eigenvalue weighted by Gasteiger charge is 2.25. The maximum absolute atomic E-state index is 11.1. The third-order valence-electron chi connectivity index (χ3n) is 2.57. The number of nitrogens with zero attached hydrogens (tertiary/aromatic N) is 1.